The highest BCUT2D eigenvalue weighted by atomic mass is 16.2. The highest BCUT2D eigenvalue weighted by Crippen LogP contribution is 2.17. The minimum absolute atomic E-state index is 0.0498. The minimum atomic E-state index is -1.20. The van der Waals surface area contributed by atoms with Gasteiger partial charge < -0.3 is 48.3 Å². The SMILES string of the molecule is CC[C@H](C)[C@@H]1NC(=O)[C@H]([C@@H](C)CC)NC(=O)[C@@H](Cc2ccccc2)NC(=O)[C@@H](CC(C)C)NC(=O)[C@H]([C@@H](C)CC)NC(=O)[C@@H](C)NC(=O)[C@@H]([C@@H](C)CC)NC(=O)[C@H](CCCCN)NC1=O. The summed E-state index contributed by atoms with van der Waals surface area (Å²) in [4.78, 5) is 113. The van der Waals surface area contributed by atoms with Crippen molar-refractivity contribution >= 4 is 47.3 Å². The van der Waals surface area contributed by atoms with Crippen molar-refractivity contribution in [2.24, 2.45) is 35.3 Å². The molecule has 366 valence electrons. The number of hydrogen-bond acceptors (Lipinski definition) is 9. The predicted octanol–water partition coefficient (Wildman–Crippen LogP) is 2.50. The van der Waals surface area contributed by atoms with E-state index in [1.807, 2.05) is 59.7 Å². The Morgan fingerprint density at radius 2 is 0.831 bits per heavy atom. The number of benzene rings is 1. The Morgan fingerprint density at radius 3 is 1.28 bits per heavy atom. The summed E-state index contributed by atoms with van der Waals surface area (Å²) in [6.45, 7) is 20.2. The van der Waals surface area contributed by atoms with Crippen LogP contribution < -0.4 is 48.3 Å². The number of rotatable bonds is 16. The summed E-state index contributed by atoms with van der Waals surface area (Å²) in [6.07, 6.45) is 3.36. The predicted molar refractivity (Wildman–Crippen MR) is 251 cm³/mol. The van der Waals surface area contributed by atoms with E-state index in [4.69, 9.17) is 5.73 Å². The zero-order valence-corrected chi connectivity index (χ0v) is 40.8. The summed E-state index contributed by atoms with van der Waals surface area (Å²) in [5.74, 6) is -6.80. The largest absolute Gasteiger partial charge is 0.343 e. The molecule has 8 amide bonds. The average molecular weight is 912 g/mol. The molecule has 1 aliphatic rings. The maximum Gasteiger partial charge on any atom is 0.243 e. The molecule has 0 spiro atoms. The van der Waals surface area contributed by atoms with Gasteiger partial charge in [0.2, 0.25) is 47.3 Å². The molecule has 0 aliphatic carbocycles. The maximum absolute atomic E-state index is 14.4. The third-order valence-electron chi connectivity index (χ3n) is 12.8. The van der Waals surface area contributed by atoms with Crippen molar-refractivity contribution in [2.75, 3.05) is 6.54 Å². The highest BCUT2D eigenvalue weighted by molar-refractivity contribution is 5.99. The Labute approximate surface area is 387 Å². The van der Waals surface area contributed by atoms with E-state index in [2.05, 4.69) is 42.5 Å². The molecule has 0 bridgehead atoms. The number of nitrogens with one attached hydrogen (secondary N) is 8. The fourth-order valence-electron chi connectivity index (χ4n) is 7.52. The van der Waals surface area contributed by atoms with Crippen LogP contribution in [0.15, 0.2) is 30.3 Å². The van der Waals surface area contributed by atoms with Gasteiger partial charge in [-0.3, -0.25) is 38.4 Å². The van der Waals surface area contributed by atoms with E-state index in [0.29, 0.717) is 45.1 Å². The van der Waals surface area contributed by atoms with Gasteiger partial charge in [0.25, 0.3) is 0 Å². The number of hydrogen-bond donors (Lipinski definition) is 9. The lowest BCUT2D eigenvalue weighted by atomic mass is 9.93. The normalized spacial score (nSPS) is 27.0. The summed E-state index contributed by atoms with van der Waals surface area (Å²) in [5, 5.41) is 22.6. The fraction of sp³-hybridized carbons (Fsp3) is 0.708. The molecule has 17 heteroatoms. The van der Waals surface area contributed by atoms with Gasteiger partial charge in [-0.25, -0.2) is 0 Å². The molecule has 1 heterocycles. The van der Waals surface area contributed by atoms with Crippen molar-refractivity contribution in [1.29, 1.82) is 0 Å². The van der Waals surface area contributed by atoms with Crippen molar-refractivity contribution in [3.8, 4) is 0 Å². The van der Waals surface area contributed by atoms with Crippen LogP contribution in [-0.2, 0) is 44.8 Å². The van der Waals surface area contributed by atoms with Crippen LogP contribution in [0.1, 0.15) is 133 Å². The smallest absolute Gasteiger partial charge is 0.243 e. The molecule has 10 N–H and O–H groups in total. The minimum Gasteiger partial charge on any atom is -0.343 e. The van der Waals surface area contributed by atoms with Crippen LogP contribution in [0.2, 0.25) is 0 Å². The number of carbonyl (C=O) groups excluding carboxylic acids is 8. The lowest BCUT2D eigenvalue weighted by molar-refractivity contribution is -0.138. The van der Waals surface area contributed by atoms with Gasteiger partial charge in [0.05, 0.1) is 0 Å². The maximum atomic E-state index is 14.4. The number of carbonyl (C=O) groups is 8. The topological polar surface area (TPSA) is 259 Å². The van der Waals surface area contributed by atoms with Gasteiger partial charge in [-0.1, -0.05) is 125 Å². The quantitative estimate of drug-likeness (QED) is 0.110. The Kier molecular flexibility index (Phi) is 24.2. The molecule has 12 atom stereocenters. The lowest BCUT2D eigenvalue weighted by Crippen LogP contribution is -2.63. The molecule has 1 aliphatic heterocycles. The van der Waals surface area contributed by atoms with Gasteiger partial charge >= 0.3 is 0 Å². The molecular formula is C48H81N9O8. The van der Waals surface area contributed by atoms with Gasteiger partial charge in [-0.2, -0.15) is 0 Å². The summed E-state index contributed by atoms with van der Waals surface area (Å²) in [5.41, 5.74) is 6.51. The average Bonchev–Trinajstić information content (AvgIpc) is 3.28. The van der Waals surface area contributed by atoms with Crippen LogP contribution in [-0.4, -0.2) is 102 Å². The molecule has 1 fully saturated rings. The number of unbranched alkanes of at least 4 members (excludes halogenated alkanes) is 1. The first-order chi connectivity index (χ1) is 30.7. The monoisotopic (exact) mass is 912 g/mol. The molecule has 1 aromatic rings. The summed E-state index contributed by atoms with van der Waals surface area (Å²) >= 11 is 0. The lowest BCUT2D eigenvalue weighted by Gasteiger charge is -2.32. The van der Waals surface area contributed by atoms with Crippen molar-refractivity contribution in [2.45, 2.75) is 182 Å². The van der Waals surface area contributed by atoms with Gasteiger partial charge in [0, 0.05) is 6.42 Å². The first kappa shape index (κ1) is 56.1. The van der Waals surface area contributed by atoms with Gasteiger partial charge in [0.15, 0.2) is 0 Å². The summed E-state index contributed by atoms with van der Waals surface area (Å²) < 4.78 is 0. The molecule has 1 aromatic carbocycles. The van der Waals surface area contributed by atoms with Crippen LogP contribution in [0.25, 0.3) is 0 Å². The number of nitrogens with two attached hydrogens (primary N) is 1. The first-order valence-corrected chi connectivity index (χ1v) is 23.9. The van der Waals surface area contributed by atoms with Crippen LogP contribution in [0.5, 0.6) is 0 Å². The molecule has 0 unspecified atom stereocenters. The van der Waals surface area contributed by atoms with Crippen molar-refractivity contribution < 1.29 is 38.4 Å². The molecule has 0 aromatic heterocycles. The fourth-order valence-corrected chi connectivity index (χ4v) is 7.52. The Bertz CT molecular complexity index is 1730. The zero-order chi connectivity index (χ0) is 49.0. The van der Waals surface area contributed by atoms with Gasteiger partial charge in [-0.15, -0.1) is 0 Å². The summed E-state index contributed by atoms with van der Waals surface area (Å²) in [7, 11) is 0. The van der Waals surface area contributed by atoms with E-state index in [-0.39, 0.29) is 25.2 Å². The van der Waals surface area contributed by atoms with Crippen LogP contribution in [0.3, 0.4) is 0 Å². The Balaban J connectivity index is 2.81. The third-order valence-corrected chi connectivity index (χ3v) is 12.8. The molecular weight excluding hydrogens is 831 g/mol. The second-order valence-electron chi connectivity index (χ2n) is 18.5. The number of amides is 8. The Hall–Kier alpha value is -5.06. The van der Waals surface area contributed by atoms with Crippen molar-refractivity contribution in [3.63, 3.8) is 0 Å². The molecule has 1 saturated heterocycles. The van der Waals surface area contributed by atoms with Crippen LogP contribution >= 0.6 is 0 Å². The van der Waals surface area contributed by atoms with E-state index in [1.165, 1.54) is 6.92 Å². The Morgan fingerprint density at radius 1 is 0.462 bits per heavy atom. The van der Waals surface area contributed by atoms with Crippen molar-refractivity contribution in [1.82, 2.24) is 42.5 Å². The van der Waals surface area contributed by atoms with E-state index in [9.17, 15) is 38.4 Å². The zero-order valence-electron chi connectivity index (χ0n) is 40.8. The molecule has 2 rings (SSSR count). The highest BCUT2D eigenvalue weighted by Gasteiger charge is 2.38. The molecule has 0 saturated carbocycles. The molecule has 17 nitrogen and oxygen atoms in total. The second-order valence-corrected chi connectivity index (χ2v) is 18.5. The molecule has 0 radical (unpaired) electrons. The second kappa shape index (κ2) is 28.1. The molecule has 65 heavy (non-hydrogen) atoms. The van der Waals surface area contributed by atoms with E-state index < -0.39 is 119 Å². The first-order valence-electron chi connectivity index (χ1n) is 23.9. The third kappa shape index (κ3) is 17.7. The van der Waals surface area contributed by atoms with E-state index in [0.717, 1.165) is 5.56 Å². The van der Waals surface area contributed by atoms with E-state index in [1.54, 1.807) is 39.8 Å². The summed E-state index contributed by atoms with van der Waals surface area (Å²) in [6, 6.07) is -0.0274. The van der Waals surface area contributed by atoms with Crippen molar-refractivity contribution in [3.05, 3.63) is 35.9 Å². The van der Waals surface area contributed by atoms with E-state index >= 15 is 0 Å². The van der Waals surface area contributed by atoms with Crippen LogP contribution in [0.4, 0.5) is 0 Å². The standard InChI is InChI=1S/C48H81N9O8/c1-12-28(7)37-45(62)50-32(11)41(58)54-38(29(8)13-2)47(64)53-35(25-27(5)6)43(60)52-36(26-33-21-17-16-18-22-33)44(61)56-40(31(10)15-4)48(65)57-39(30(9)14-3)46(63)51-34(42(59)55-37)23-19-20-24-49/h16-18,21-22,27-32,34-40H,12-15,19-20,23-26,49H2,1-11H3,(H,50,62)(H,51,63)(H,52,60)(H,53,64)(H,54,58)(H,55,59)(H,56,61)(H,57,65)/t28-,29-,30-,31-,32+,34-,35+,36+,37+,38-,39-,40-/m0/s1. The van der Waals surface area contributed by atoms with Crippen LogP contribution in [0, 0.1) is 29.6 Å². The van der Waals surface area contributed by atoms with Gasteiger partial charge in [-0.05, 0) is 74.3 Å². The van der Waals surface area contributed by atoms with Gasteiger partial charge in [0.1, 0.15) is 48.3 Å².